The van der Waals surface area contributed by atoms with Crippen molar-refractivity contribution in [1.82, 2.24) is 19.7 Å². The average Bonchev–Trinajstić information content (AvgIpc) is 3.03. The van der Waals surface area contributed by atoms with Gasteiger partial charge in [-0.2, -0.15) is 0 Å². The van der Waals surface area contributed by atoms with Gasteiger partial charge in [-0.15, -0.1) is 5.10 Å². The molecule has 0 saturated carbocycles. The molecule has 6 nitrogen and oxygen atoms in total. The smallest absolute Gasteiger partial charge is 0.233 e. The molecular formula is C14H16N4O2S. The molecule has 0 spiro atoms. The van der Waals surface area contributed by atoms with E-state index in [2.05, 4.69) is 10.1 Å². The van der Waals surface area contributed by atoms with Gasteiger partial charge in [0.2, 0.25) is 11.1 Å². The van der Waals surface area contributed by atoms with Crippen molar-refractivity contribution >= 4 is 17.7 Å². The van der Waals surface area contributed by atoms with Gasteiger partial charge in [-0.1, -0.05) is 30.0 Å². The van der Waals surface area contributed by atoms with Gasteiger partial charge < -0.3 is 9.64 Å². The Hall–Kier alpha value is -1.86. The number of ether oxygens (including phenoxy) is 1. The summed E-state index contributed by atoms with van der Waals surface area (Å²) >= 11 is 1.36. The number of thioether (sulfide) groups is 1. The maximum atomic E-state index is 12.0. The largest absolute Gasteiger partial charge is 0.378 e. The fourth-order valence-corrected chi connectivity index (χ4v) is 2.75. The Morgan fingerprint density at radius 3 is 2.76 bits per heavy atom. The molecule has 0 aliphatic carbocycles. The highest BCUT2D eigenvalue weighted by Crippen LogP contribution is 2.15. The predicted molar refractivity (Wildman–Crippen MR) is 79.5 cm³/mol. The van der Waals surface area contributed by atoms with Crippen molar-refractivity contribution in [2.45, 2.75) is 5.16 Å². The molecule has 0 N–H and O–H groups in total. The summed E-state index contributed by atoms with van der Waals surface area (Å²) in [4.78, 5) is 18.1. The molecule has 1 aliphatic heterocycles. The third kappa shape index (κ3) is 3.62. The lowest BCUT2D eigenvalue weighted by atomic mass is 10.3. The van der Waals surface area contributed by atoms with Crippen molar-refractivity contribution in [3.05, 3.63) is 36.7 Å². The molecule has 3 rings (SSSR count). The lowest BCUT2D eigenvalue weighted by molar-refractivity contribution is -0.132. The third-order valence-electron chi connectivity index (χ3n) is 3.18. The SMILES string of the molecule is O=C(CSc1ncn(-c2ccccc2)n1)N1CCOCC1. The van der Waals surface area contributed by atoms with E-state index in [9.17, 15) is 4.79 Å². The van der Waals surface area contributed by atoms with Crippen LogP contribution in [0.1, 0.15) is 0 Å². The summed E-state index contributed by atoms with van der Waals surface area (Å²) in [5, 5.41) is 4.98. The molecule has 1 aromatic carbocycles. The Morgan fingerprint density at radius 2 is 2.00 bits per heavy atom. The van der Waals surface area contributed by atoms with E-state index in [1.807, 2.05) is 35.2 Å². The van der Waals surface area contributed by atoms with E-state index < -0.39 is 0 Å². The van der Waals surface area contributed by atoms with E-state index in [0.717, 1.165) is 5.69 Å². The summed E-state index contributed by atoms with van der Waals surface area (Å²) in [6, 6.07) is 9.78. The van der Waals surface area contributed by atoms with Gasteiger partial charge in [-0.25, -0.2) is 9.67 Å². The first-order valence-electron chi connectivity index (χ1n) is 6.78. The van der Waals surface area contributed by atoms with Gasteiger partial charge in [-0.05, 0) is 12.1 Å². The van der Waals surface area contributed by atoms with Gasteiger partial charge in [0, 0.05) is 13.1 Å². The predicted octanol–water partition coefficient (Wildman–Crippen LogP) is 1.22. The zero-order valence-corrected chi connectivity index (χ0v) is 12.3. The van der Waals surface area contributed by atoms with Crippen LogP contribution in [0.2, 0.25) is 0 Å². The van der Waals surface area contributed by atoms with Crippen LogP contribution in [0.25, 0.3) is 5.69 Å². The summed E-state index contributed by atoms with van der Waals surface area (Å²) in [7, 11) is 0. The van der Waals surface area contributed by atoms with E-state index in [4.69, 9.17) is 4.74 Å². The van der Waals surface area contributed by atoms with Crippen LogP contribution in [0.5, 0.6) is 0 Å². The zero-order chi connectivity index (χ0) is 14.5. The number of nitrogens with zero attached hydrogens (tertiary/aromatic N) is 4. The topological polar surface area (TPSA) is 60.2 Å². The summed E-state index contributed by atoms with van der Waals surface area (Å²) in [5.41, 5.74) is 0.955. The molecule has 2 heterocycles. The summed E-state index contributed by atoms with van der Waals surface area (Å²) in [6.07, 6.45) is 1.66. The second-order valence-corrected chi connectivity index (χ2v) is 5.53. The van der Waals surface area contributed by atoms with Crippen molar-refractivity contribution in [3.63, 3.8) is 0 Å². The van der Waals surface area contributed by atoms with Crippen LogP contribution in [0.4, 0.5) is 0 Å². The number of para-hydroxylation sites is 1. The fraction of sp³-hybridized carbons (Fsp3) is 0.357. The van der Waals surface area contributed by atoms with Crippen molar-refractivity contribution in [1.29, 1.82) is 0 Å². The van der Waals surface area contributed by atoms with E-state index in [1.165, 1.54) is 11.8 Å². The van der Waals surface area contributed by atoms with E-state index in [1.54, 1.807) is 11.0 Å². The Morgan fingerprint density at radius 1 is 1.24 bits per heavy atom. The van der Waals surface area contributed by atoms with Crippen LogP contribution in [0, 0.1) is 0 Å². The monoisotopic (exact) mass is 304 g/mol. The second kappa shape index (κ2) is 6.73. The average molecular weight is 304 g/mol. The number of amides is 1. The first-order chi connectivity index (χ1) is 10.3. The lowest BCUT2D eigenvalue weighted by Crippen LogP contribution is -2.41. The first kappa shape index (κ1) is 14.1. The van der Waals surface area contributed by atoms with Gasteiger partial charge in [0.15, 0.2) is 0 Å². The van der Waals surface area contributed by atoms with Crippen LogP contribution in [-0.2, 0) is 9.53 Å². The number of aromatic nitrogens is 3. The minimum absolute atomic E-state index is 0.111. The molecule has 1 aliphatic rings. The van der Waals surface area contributed by atoms with Gasteiger partial charge in [0.25, 0.3) is 0 Å². The van der Waals surface area contributed by atoms with Gasteiger partial charge in [0.1, 0.15) is 6.33 Å². The Kier molecular flexibility index (Phi) is 4.52. The van der Waals surface area contributed by atoms with E-state index in [-0.39, 0.29) is 5.91 Å². The molecule has 1 amide bonds. The van der Waals surface area contributed by atoms with Crippen LogP contribution in [0.15, 0.2) is 41.8 Å². The highest BCUT2D eigenvalue weighted by molar-refractivity contribution is 7.99. The molecule has 1 fully saturated rings. The summed E-state index contributed by atoms with van der Waals surface area (Å²) in [5.74, 6) is 0.470. The fourth-order valence-electron chi connectivity index (χ4n) is 2.05. The number of morpholine rings is 1. The minimum atomic E-state index is 0.111. The van der Waals surface area contributed by atoms with Gasteiger partial charge in [0.05, 0.1) is 24.7 Å². The van der Waals surface area contributed by atoms with Crippen molar-refractivity contribution in [3.8, 4) is 5.69 Å². The number of hydrogen-bond acceptors (Lipinski definition) is 5. The van der Waals surface area contributed by atoms with E-state index in [0.29, 0.717) is 37.2 Å². The standard InChI is InChI=1S/C14H16N4O2S/c19-13(17-6-8-20-9-7-17)10-21-14-15-11-18(16-14)12-4-2-1-3-5-12/h1-5,11H,6-10H2. The number of carbonyl (C=O) groups is 1. The molecular weight excluding hydrogens is 288 g/mol. The Balaban J connectivity index is 1.56. The normalized spacial score (nSPS) is 15.1. The molecule has 0 radical (unpaired) electrons. The van der Waals surface area contributed by atoms with Crippen LogP contribution in [0.3, 0.4) is 0 Å². The van der Waals surface area contributed by atoms with Crippen molar-refractivity contribution in [2.24, 2.45) is 0 Å². The van der Waals surface area contributed by atoms with Crippen LogP contribution < -0.4 is 0 Å². The highest BCUT2D eigenvalue weighted by Gasteiger charge is 2.17. The Bertz CT molecular complexity index is 596. The van der Waals surface area contributed by atoms with Crippen molar-refractivity contribution < 1.29 is 9.53 Å². The number of rotatable bonds is 4. The molecule has 1 aromatic heterocycles. The third-order valence-corrected chi connectivity index (χ3v) is 4.02. The molecule has 7 heteroatoms. The summed E-state index contributed by atoms with van der Waals surface area (Å²) < 4.78 is 6.95. The number of carbonyl (C=O) groups excluding carboxylic acids is 1. The maximum Gasteiger partial charge on any atom is 0.233 e. The molecule has 0 unspecified atom stereocenters. The minimum Gasteiger partial charge on any atom is -0.378 e. The zero-order valence-electron chi connectivity index (χ0n) is 11.5. The Labute approximate surface area is 127 Å². The molecule has 1 saturated heterocycles. The van der Waals surface area contributed by atoms with Gasteiger partial charge >= 0.3 is 0 Å². The molecule has 2 aromatic rings. The molecule has 0 bridgehead atoms. The first-order valence-corrected chi connectivity index (χ1v) is 7.77. The highest BCUT2D eigenvalue weighted by atomic mass is 32.2. The lowest BCUT2D eigenvalue weighted by Gasteiger charge is -2.26. The summed E-state index contributed by atoms with van der Waals surface area (Å²) in [6.45, 7) is 2.59. The van der Waals surface area contributed by atoms with E-state index >= 15 is 0 Å². The van der Waals surface area contributed by atoms with Crippen LogP contribution in [-0.4, -0.2) is 57.6 Å². The molecule has 0 atom stereocenters. The number of benzene rings is 1. The van der Waals surface area contributed by atoms with Crippen molar-refractivity contribution in [2.75, 3.05) is 32.1 Å². The number of hydrogen-bond donors (Lipinski definition) is 0. The maximum absolute atomic E-state index is 12.0. The molecule has 21 heavy (non-hydrogen) atoms. The quantitative estimate of drug-likeness (QED) is 0.795. The van der Waals surface area contributed by atoms with Crippen LogP contribution >= 0.6 is 11.8 Å². The van der Waals surface area contributed by atoms with Gasteiger partial charge in [-0.3, -0.25) is 4.79 Å². The molecule has 110 valence electrons. The second-order valence-electron chi connectivity index (χ2n) is 4.59.